The van der Waals surface area contributed by atoms with Crippen molar-refractivity contribution in [1.82, 2.24) is 20.2 Å². The first kappa shape index (κ1) is 25.6. The van der Waals surface area contributed by atoms with Crippen molar-refractivity contribution < 1.29 is 9.59 Å². The number of nitrogens with two attached hydrogens (primary N) is 1. The van der Waals surface area contributed by atoms with Gasteiger partial charge in [0.25, 0.3) is 0 Å². The summed E-state index contributed by atoms with van der Waals surface area (Å²) in [6.45, 7) is 5.27. The van der Waals surface area contributed by atoms with E-state index in [1.165, 1.54) is 17.7 Å². The highest BCUT2D eigenvalue weighted by molar-refractivity contribution is 5.93. The first-order valence-electron chi connectivity index (χ1n) is 13.8. The maximum absolute atomic E-state index is 14.4. The van der Waals surface area contributed by atoms with Crippen LogP contribution in [0.3, 0.4) is 0 Å². The molecule has 1 unspecified atom stereocenters. The SMILES string of the molecule is CNC(C)(C(N)=O)[C@@H](C(=O)N1CCC[C@H]1c1cc(N2CCc3ccccc32)nc(C)n1)C1CCCCC1. The number of likely N-dealkylation sites (N-methyl/N-ethyl adjacent to an activating group) is 1. The van der Waals surface area contributed by atoms with Gasteiger partial charge in [-0.2, -0.15) is 0 Å². The highest BCUT2D eigenvalue weighted by atomic mass is 16.2. The molecule has 1 aromatic heterocycles. The van der Waals surface area contributed by atoms with Gasteiger partial charge in [-0.1, -0.05) is 37.5 Å². The molecule has 0 bridgehead atoms. The minimum Gasteiger partial charge on any atom is -0.368 e. The molecule has 198 valence electrons. The monoisotopic (exact) mass is 504 g/mol. The largest absolute Gasteiger partial charge is 0.368 e. The second-order valence-electron chi connectivity index (χ2n) is 11.1. The van der Waals surface area contributed by atoms with Crippen LogP contribution in [0.15, 0.2) is 30.3 Å². The lowest BCUT2D eigenvalue weighted by molar-refractivity contribution is -0.147. The van der Waals surface area contributed by atoms with Gasteiger partial charge in [0, 0.05) is 24.8 Å². The summed E-state index contributed by atoms with van der Waals surface area (Å²) in [4.78, 5) is 40.9. The van der Waals surface area contributed by atoms with Crippen molar-refractivity contribution in [2.24, 2.45) is 17.6 Å². The van der Waals surface area contributed by atoms with E-state index in [0.717, 1.165) is 63.0 Å². The van der Waals surface area contributed by atoms with Crippen LogP contribution in [0.25, 0.3) is 0 Å². The van der Waals surface area contributed by atoms with Crippen LogP contribution in [-0.2, 0) is 16.0 Å². The maximum atomic E-state index is 14.4. The Morgan fingerprint density at radius 3 is 2.57 bits per heavy atom. The van der Waals surface area contributed by atoms with Crippen molar-refractivity contribution >= 4 is 23.3 Å². The average Bonchev–Trinajstić information content (AvgIpc) is 3.56. The molecular formula is C29H40N6O2. The molecule has 8 nitrogen and oxygen atoms in total. The molecule has 3 aliphatic rings. The van der Waals surface area contributed by atoms with Gasteiger partial charge in [0.1, 0.15) is 17.2 Å². The van der Waals surface area contributed by atoms with E-state index in [1.54, 1.807) is 14.0 Å². The topological polar surface area (TPSA) is 104 Å². The molecule has 3 atom stereocenters. The number of primary amides is 1. The van der Waals surface area contributed by atoms with Gasteiger partial charge in [0.05, 0.1) is 17.7 Å². The fourth-order valence-electron chi connectivity index (χ4n) is 6.80. The third-order valence-corrected chi connectivity index (χ3v) is 8.93. The van der Waals surface area contributed by atoms with Gasteiger partial charge < -0.3 is 20.9 Å². The normalized spacial score (nSPS) is 22.5. The van der Waals surface area contributed by atoms with Gasteiger partial charge in [-0.05, 0) is 70.5 Å². The first-order valence-corrected chi connectivity index (χ1v) is 13.8. The molecule has 1 aromatic carbocycles. The molecule has 1 saturated carbocycles. The average molecular weight is 505 g/mol. The number of aryl methyl sites for hydroxylation is 1. The molecule has 0 radical (unpaired) electrons. The Morgan fingerprint density at radius 1 is 1.08 bits per heavy atom. The van der Waals surface area contributed by atoms with Crippen molar-refractivity contribution in [3.8, 4) is 0 Å². The van der Waals surface area contributed by atoms with Gasteiger partial charge in [-0.3, -0.25) is 9.59 Å². The minimum absolute atomic E-state index is 0.0226. The first-order chi connectivity index (χ1) is 17.8. The van der Waals surface area contributed by atoms with Crippen molar-refractivity contribution in [2.75, 3.05) is 25.0 Å². The highest BCUT2D eigenvalue weighted by Gasteiger charge is 2.50. The molecule has 5 rings (SSSR count). The lowest BCUT2D eigenvalue weighted by Gasteiger charge is -2.42. The number of carbonyl (C=O) groups is 2. The van der Waals surface area contributed by atoms with E-state index in [4.69, 9.17) is 15.7 Å². The van der Waals surface area contributed by atoms with Crippen molar-refractivity contribution in [1.29, 1.82) is 0 Å². The fraction of sp³-hybridized carbons (Fsp3) is 0.586. The van der Waals surface area contributed by atoms with E-state index in [9.17, 15) is 9.59 Å². The quantitative estimate of drug-likeness (QED) is 0.594. The van der Waals surface area contributed by atoms with Crippen LogP contribution in [0, 0.1) is 18.8 Å². The number of hydrogen-bond acceptors (Lipinski definition) is 6. The van der Waals surface area contributed by atoms with E-state index < -0.39 is 17.4 Å². The van der Waals surface area contributed by atoms with Crippen LogP contribution < -0.4 is 16.0 Å². The summed E-state index contributed by atoms with van der Waals surface area (Å²) >= 11 is 0. The number of rotatable bonds is 7. The lowest BCUT2D eigenvalue weighted by Crippen LogP contribution is -2.63. The summed E-state index contributed by atoms with van der Waals surface area (Å²) in [6, 6.07) is 10.4. The molecular weight excluding hydrogens is 464 g/mol. The van der Waals surface area contributed by atoms with Crippen LogP contribution in [0.1, 0.15) is 75.0 Å². The van der Waals surface area contributed by atoms with Crippen LogP contribution in [0.4, 0.5) is 11.5 Å². The molecule has 0 spiro atoms. The zero-order chi connectivity index (χ0) is 26.2. The maximum Gasteiger partial charge on any atom is 0.238 e. The second-order valence-corrected chi connectivity index (χ2v) is 11.1. The predicted molar refractivity (Wildman–Crippen MR) is 144 cm³/mol. The molecule has 2 fully saturated rings. The molecule has 2 aromatic rings. The number of fused-ring (bicyclic) bond motifs is 1. The number of aromatic nitrogens is 2. The van der Waals surface area contributed by atoms with Gasteiger partial charge in [0.2, 0.25) is 11.8 Å². The number of para-hydroxylation sites is 1. The van der Waals surface area contributed by atoms with Crippen LogP contribution in [0.5, 0.6) is 0 Å². The number of nitrogens with zero attached hydrogens (tertiary/aromatic N) is 4. The van der Waals surface area contributed by atoms with Gasteiger partial charge in [-0.15, -0.1) is 0 Å². The Labute approximate surface area is 220 Å². The number of benzene rings is 1. The van der Waals surface area contributed by atoms with Crippen molar-refractivity contribution in [2.45, 2.75) is 76.8 Å². The van der Waals surface area contributed by atoms with Gasteiger partial charge in [-0.25, -0.2) is 9.97 Å². The standard InChI is InChI=1S/C29H40N6O2/c1-19-32-22(18-25(33-19)34-17-15-20-10-7-8-13-23(20)34)24-14-9-16-35(24)27(36)26(21-11-5-4-6-12-21)29(2,31-3)28(30)37/h7-8,10,13,18,21,24,26,31H,4-6,9,11-12,14-17H2,1-3H3,(H2,30,37)/t24-,26+,29?/m0/s1. The number of carbonyl (C=O) groups excluding carboxylic acids is 2. The Hall–Kier alpha value is -3.00. The Balaban J connectivity index is 1.47. The summed E-state index contributed by atoms with van der Waals surface area (Å²) in [5, 5.41) is 3.14. The molecule has 1 saturated heterocycles. The van der Waals surface area contributed by atoms with Gasteiger partial charge in [0.15, 0.2) is 0 Å². The third kappa shape index (κ3) is 4.72. The van der Waals surface area contributed by atoms with E-state index >= 15 is 0 Å². The van der Waals surface area contributed by atoms with Crippen LogP contribution in [0.2, 0.25) is 0 Å². The molecule has 8 heteroatoms. The minimum atomic E-state index is -1.10. The zero-order valence-electron chi connectivity index (χ0n) is 22.4. The summed E-state index contributed by atoms with van der Waals surface area (Å²) < 4.78 is 0. The van der Waals surface area contributed by atoms with E-state index in [-0.39, 0.29) is 17.9 Å². The number of nitrogens with one attached hydrogen (secondary N) is 1. The number of anilines is 2. The number of amides is 2. The summed E-state index contributed by atoms with van der Waals surface area (Å²) in [5.74, 6) is 0.780. The van der Waals surface area contributed by atoms with E-state index in [1.807, 2.05) is 11.8 Å². The molecule has 37 heavy (non-hydrogen) atoms. The van der Waals surface area contributed by atoms with Gasteiger partial charge >= 0.3 is 0 Å². The summed E-state index contributed by atoms with van der Waals surface area (Å²) in [6.07, 6.45) is 7.99. The summed E-state index contributed by atoms with van der Waals surface area (Å²) in [5.41, 5.74) is 8.22. The zero-order valence-corrected chi connectivity index (χ0v) is 22.4. The lowest BCUT2D eigenvalue weighted by atomic mass is 9.69. The number of likely N-dealkylation sites (tertiary alicyclic amines) is 1. The molecule has 2 aliphatic heterocycles. The summed E-state index contributed by atoms with van der Waals surface area (Å²) in [7, 11) is 1.74. The van der Waals surface area contributed by atoms with E-state index in [0.29, 0.717) is 12.4 Å². The molecule has 3 heterocycles. The second kappa shape index (κ2) is 10.4. The van der Waals surface area contributed by atoms with Crippen molar-refractivity contribution in [3.63, 3.8) is 0 Å². The smallest absolute Gasteiger partial charge is 0.238 e. The van der Waals surface area contributed by atoms with Crippen molar-refractivity contribution in [3.05, 3.63) is 47.4 Å². The molecule has 3 N–H and O–H groups in total. The van der Waals surface area contributed by atoms with E-state index in [2.05, 4.69) is 40.5 Å². The molecule has 2 amide bonds. The number of hydrogen-bond donors (Lipinski definition) is 2. The third-order valence-electron chi connectivity index (χ3n) is 8.93. The van der Waals surface area contributed by atoms with Crippen LogP contribution in [-0.4, -0.2) is 52.4 Å². The molecule has 1 aliphatic carbocycles. The fourth-order valence-corrected chi connectivity index (χ4v) is 6.80. The Bertz CT molecular complexity index is 1160. The highest BCUT2D eigenvalue weighted by Crippen LogP contribution is 2.42. The Morgan fingerprint density at radius 2 is 1.84 bits per heavy atom. The Kier molecular flexibility index (Phi) is 7.21. The van der Waals surface area contributed by atoms with Crippen LogP contribution >= 0.6 is 0 Å². The predicted octanol–water partition coefficient (Wildman–Crippen LogP) is 3.80.